The van der Waals surface area contributed by atoms with Crippen LogP contribution in [0.2, 0.25) is 0 Å². The van der Waals surface area contributed by atoms with Crippen LogP contribution in [0, 0.1) is 0 Å². The van der Waals surface area contributed by atoms with Gasteiger partial charge in [0.15, 0.2) is 0 Å². The Bertz CT molecular complexity index is 745. The van der Waals surface area contributed by atoms with Gasteiger partial charge in [0.25, 0.3) is 0 Å². The third kappa shape index (κ3) is 3.50. The largest absolute Gasteiger partial charge is 0.264 e. The third-order valence-electron chi connectivity index (χ3n) is 3.77. The fourth-order valence-corrected chi connectivity index (χ4v) is 2.43. The van der Waals surface area contributed by atoms with E-state index >= 15 is 0 Å². The zero-order valence-corrected chi connectivity index (χ0v) is 12.7. The van der Waals surface area contributed by atoms with Gasteiger partial charge >= 0.3 is 0 Å². The van der Waals surface area contributed by atoms with Gasteiger partial charge in [-0.3, -0.25) is 4.98 Å². The molecule has 1 nitrogen and oxygen atoms in total. The molecular weight excluding hydrogens is 266 g/mol. The number of pyridine rings is 1. The number of hydrogen-bond donors (Lipinski definition) is 0. The Hall–Kier alpha value is -2.67. The van der Waals surface area contributed by atoms with Gasteiger partial charge in [-0.05, 0) is 22.8 Å². The minimum Gasteiger partial charge on any atom is -0.264 e. The molecule has 0 N–H and O–H groups in total. The van der Waals surface area contributed by atoms with Crippen molar-refractivity contribution < 1.29 is 0 Å². The van der Waals surface area contributed by atoms with E-state index < -0.39 is 0 Å². The lowest BCUT2D eigenvalue weighted by Gasteiger charge is -2.09. The SMILES string of the molecule is CC(C=Cc1ccccc1)c1cncc(-c2ccccc2)c1. The summed E-state index contributed by atoms with van der Waals surface area (Å²) in [4.78, 5) is 4.40. The Morgan fingerprint density at radius 1 is 0.818 bits per heavy atom. The topological polar surface area (TPSA) is 12.9 Å². The molecule has 1 heteroatoms. The van der Waals surface area contributed by atoms with Crippen LogP contribution in [0.4, 0.5) is 0 Å². The fourth-order valence-electron chi connectivity index (χ4n) is 2.43. The quantitative estimate of drug-likeness (QED) is 0.611. The molecule has 108 valence electrons. The Morgan fingerprint density at radius 3 is 2.23 bits per heavy atom. The molecule has 0 radical (unpaired) electrons. The van der Waals surface area contributed by atoms with Crippen molar-refractivity contribution in [2.45, 2.75) is 12.8 Å². The highest BCUT2D eigenvalue weighted by Crippen LogP contribution is 2.24. The van der Waals surface area contributed by atoms with Gasteiger partial charge in [0, 0.05) is 23.9 Å². The Balaban J connectivity index is 1.81. The molecule has 0 aliphatic rings. The van der Waals surface area contributed by atoms with E-state index in [1.54, 1.807) is 0 Å². The van der Waals surface area contributed by atoms with E-state index in [0.717, 1.165) is 5.56 Å². The third-order valence-corrected chi connectivity index (χ3v) is 3.77. The summed E-state index contributed by atoms with van der Waals surface area (Å²) in [6, 6.07) is 23.0. The van der Waals surface area contributed by atoms with Crippen LogP contribution in [-0.4, -0.2) is 4.98 Å². The molecule has 22 heavy (non-hydrogen) atoms. The molecule has 0 aliphatic carbocycles. The van der Waals surface area contributed by atoms with Crippen molar-refractivity contribution in [3.05, 3.63) is 96.3 Å². The normalized spacial score (nSPS) is 12.4. The molecule has 1 aromatic heterocycles. The average molecular weight is 285 g/mol. The van der Waals surface area contributed by atoms with Crippen LogP contribution < -0.4 is 0 Å². The maximum Gasteiger partial charge on any atom is 0.0346 e. The van der Waals surface area contributed by atoms with E-state index in [1.165, 1.54) is 16.7 Å². The molecule has 1 unspecified atom stereocenters. The summed E-state index contributed by atoms with van der Waals surface area (Å²) < 4.78 is 0. The molecule has 0 bridgehead atoms. The minimum atomic E-state index is 0.330. The molecule has 3 rings (SSSR count). The lowest BCUT2D eigenvalue weighted by Crippen LogP contribution is -1.92. The number of hydrogen-bond acceptors (Lipinski definition) is 1. The fraction of sp³-hybridized carbons (Fsp3) is 0.0952. The summed E-state index contributed by atoms with van der Waals surface area (Å²) in [5.41, 5.74) is 4.82. The van der Waals surface area contributed by atoms with Gasteiger partial charge in [0.2, 0.25) is 0 Å². The number of rotatable bonds is 4. The molecule has 0 fully saturated rings. The predicted octanol–water partition coefficient (Wildman–Crippen LogP) is 5.57. The molecule has 0 amide bonds. The van der Waals surface area contributed by atoms with Gasteiger partial charge < -0.3 is 0 Å². The van der Waals surface area contributed by atoms with Gasteiger partial charge in [0.05, 0.1) is 0 Å². The highest BCUT2D eigenvalue weighted by molar-refractivity contribution is 5.63. The number of benzene rings is 2. The maximum absolute atomic E-state index is 4.40. The van der Waals surface area contributed by atoms with Gasteiger partial charge in [-0.25, -0.2) is 0 Å². The van der Waals surface area contributed by atoms with Crippen molar-refractivity contribution in [3.63, 3.8) is 0 Å². The molecule has 0 aliphatic heterocycles. The van der Waals surface area contributed by atoms with E-state index in [0.29, 0.717) is 5.92 Å². The van der Waals surface area contributed by atoms with E-state index in [4.69, 9.17) is 0 Å². The number of allylic oxidation sites excluding steroid dienone is 1. The van der Waals surface area contributed by atoms with Crippen molar-refractivity contribution in [2.24, 2.45) is 0 Å². The Kier molecular flexibility index (Phi) is 4.45. The van der Waals surface area contributed by atoms with Crippen LogP contribution in [-0.2, 0) is 0 Å². The summed E-state index contributed by atoms with van der Waals surface area (Å²) in [5.74, 6) is 0.330. The van der Waals surface area contributed by atoms with E-state index in [9.17, 15) is 0 Å². The summed E-state index contributed by atoms with van der Waals surface area (Å²) in [7, 11) is 0. The summed E-state index contributed by atoms with van der Waals surface area (Å²) >= 11 is 0. The van der Waals surface area contributed by atoms with Crippen LogP contribution >= 0.6 is 0 Å². The lowest BCUT2D eigenvalue weighted by molar-refractivity contribution is 0.959. The first-order valence-corrected chi connectivity index (χ1v) is 7.56. The standard InChI is InChI=1S/C21H19N/c1-17(12-13-18-8-4-2-5-9-18)20-14-21(16-22-15-20)19-10-6-3-7-11-19/h2-17H,1H3. The maximum atomic E-state index is 4.40. The monoisotopic (exact) mass is 285 g/mol. The van der Waals surface area contributed by atoms with Crippen LogP contribution in [0.3, 0.4) is 0 Å². The minimum absolute atomic E-state index is 0.330. The first kappa shape index (κ1) is 14.3. The predicted molar refractivity (Wildman–Crippen MR) is 93.6 cm³/mol. The molecule has 0 spiro atoms. The molecule has 2 aromatic carbocycles. The van der Waals surface area contributed by atoms with Crippen molar-refractivity contribution in [2.75, 3.05) is 0 Å². The molecule has 0 saturated carbocycles. The highest BCUT2D eigenvalue weighted by Gasteiger charge is 2.04. The average Bonchev–Trinajstić information content (AvgIpc) is 2.61. The summed E-state index contributed by atoms with van der Waals surface area (Å²) in [6.45, 7) is 2.20. The van der Waals surface area contributed by atoms with Gasteiger partial charge in [-0.2, -0.15) is 0 Å². The zero-order chi connectivity index (χ0) is 15.2. The van der Waals surface area contributed by atoms with Gasteiger partial charge in [-0.15, -0.1) is 0 Å². The molecule has 1 atom stereocenters. The molecule has 0 saturated heterocycles. The number of aromatic nitrogens is 1. The van der Waals surface area contributed by atoms with Crippen LogP contribution in [0.15, 0.2) is 85.2 Å². The second-order valence-electron chi connectivity index (χ2n) is 5.43. The first-order valence-electron chi connectivity index (χ1n) is 7.56. The summed E-state index contributed by atoms with van der Waals surface area (Å²) in [5, 5.41) is 0. The van der Waals surface area contributed by atoms with Crippen LogP contribution in [0.5, 0.6) is 0 Å². The Labute approximate surface area is 132 Å². The van der Waals surface area contributed by atoms with Crippen LogP contribution in [0.25, 0.3) is 17.2 Å². The second kappa shape index (κ2) is 6.86. The van der Waals surface area contributed by atoms with E-state index in [2.05, 4.69) is 78.7 Å². The van der Waals surface area contributed by atoms with E-state index in [-0.39, 0.29) is 0 Å². The number of nitrogens with zero attached hydrogens (tertiary/aromatic N) is 1. The second-order valence-corrected chi connectivity index (χ2v) is 5.43. The van der Waals surface area contributed by atoms with E-state index in [1.807, 2.05) is 24.5 Å². The molecule has 1 heterocycles. The van der Waals surface area contributed by atoms with Crippen molar-refractivity contribution in [3.8, 4) is 11.1 Å². The van der Waals surface area contributed by atoms with Crippen molar-refractivity contribution in [1.82, 2.24) is 4.98 Å². The van der Waals surface area contributed by atoms with Gasteiger partial charge in [0.1, 0.15) is 0 Å². The van der Waals surface area contributed by atoms with Crippen molar-refractivity contribution >= 4 is 6.08 Å². The first-order chi connectivity index (χ1) is 10.8. The smallest absolute Gasteiger partial charge is 0.0346 e. The molecular formula is C21H19N. The zero-order valence-electron chi connectivity index (χ0n) is 12.7. The molecule has 3 aromatic rings. The Morgan fingerprint density at radius 2 is 1.50 bits per heavy atom. The summed E-state index contributed by atoms with van der Waals surface area (Å²) in [6.07, 6.45) is 8.26. The lowest BCUT2D eigenvalue weighted by atomic mass is 9.98. The van der Waals surface area contributed by atoms with Crippen molar-refractivity contribution in [1.29, 1.82) is 0 Å². The van der Waals surface area contributed by atoms with Gasteiger partial charge in [-0.1, -0.05) is 79.7 Å². The van der Waals surface area contributed by atoms with Crippen LogP contribution in [0.1, 0.15) is 24.0 Å². The highest BCUT2D eigenvalue weighted by atomic mass is 14.6.